The van der Waals surface area contributed by atoms with E-state index in [1.165, 1.54) is 6.07 Å². The second-order valence-corrected chi connectivity index (χ2v) is 4.04. The van der Waals surface area contributed by atoms with E-state index < -0.39 is 5.97 Å². The van der Waals surface area contributed by atoms with Crippen molar-refractivity contribution in [3.8, 4) is 6.07 Å². The average molecular weight is 255 g/mol. The number of carbonyl (C=O) groups excluding carboxylic acids is 1. The number of nitriles is 1. The molecule has 5 heteroatoms. The molecule has 0 fully saturated rings. The summed E-state index contributed by atoms with van der Waals surface area (Å²) >= 11 is 0. The summed E-state index contributed by atoms with van der Waals surface area (Å²) in [5.41, 5.74) is 1.88. The van der Waals surface area contributed by atoms with Gasteiger partial charge in [0.2, 0.25) is 0 Å². The Bertz CT molecular complexity index is 754. The van der Waals surface area contributed by atoms with E-state index in [-0.39, 0.29) is 17.7 Å². The zero-order valence-corrected chi connectivity index (χ0v) is 10.7. The summed E-state index contributed by atoms with van der Waals surface area (Å²) < 4.78 is 6.57. The number of rotatable bonds is 2. The first-order valence-electron chi connectivity index (χ1n) is 5.87. The van der Waals surface area contributed by atoms with Crippen molar-refractivity contribution >= 4 is 11.5 Å². The minimum absolute atomic E-state index is 0.0728. The fourth-order valence-electron chi connectivity index (χ4n) is 1.99. The topological polar surface area (TPSA) is 78.3 Å². The van der Waals surface area contributed by atoms with Crippen LogP contribution in [0.4, 0.5) is 0 Å². The molecular weight excluding hydrogens is 242 g/mol. The van der Waals surface area contributed by atoms with Crippen molar-refractivity contribution in [3.63, 3.8) is 0 Å². The Labute approximate surface area is 110 Å². The fraction of sp³-hybridized carbons (Fsp3) is 0.214. The van der Waals surface area contributed by atoms with Gasteiger partial charge >= 0.3 is 5.97 Å². The number of aryl methyl sites for hydroxylation is 1. The molecule has 0 saturated heterocycles. The van der Waals surface area contributed by atoms with Crippen LogP contribution in [0.15, 0.2) is 24.3 Å². The molecule has 0 unspecified atom stereocenters. The standard InChI is InChI=1S/C14H13N3O2/c1-3-19-14(18)11-7-10(8-15)13(16)17-9(2)5-4-6-12(11)17/h4-7,16H,3H2,1-2H3. The first kappa shape index (κ1) is 12.8. The lowest BCUT2D eigenvalue weighted by atomic mass is 10.1. The monoisotopic (exact) mass is 255 g/mol. The molecule has 0 atom stereocenters. The number of hydrogen-bond donors (Lipinski definition) is 1. The summed E-state index contributed by atoms with van der Waals surface area (Å²) in [6.45, 7) is 3.81. The van der Waals surface area contributed by atoms with Crippen LogP contribution in [0.3, 0.4) is 0 Å². The average Bonchev–Trinajstić information content (AvgIpc) is 2.39. The maximum Gasteiger partial charge on any atom is 0.340 e. The molecule has 0 amide bonds. The van der Waals surface area contributed by atoms with Crippen molar-refractivity contribution in [2.45, 2.75) is 13.8 Å². The second kappa shape index (κ2) is 4.94. The van der Waals surface area contributed by atoms with Gasteiger partial charge in [-0.2, -0.15) is 5.26 Å². The van der Waals surface area contributed by atoms with Gasteiger partial charge in [-0.05, 0) is 32.0 Å². The first-order chi connectivity index (χ1) is 9.10. The van der Waals surface area contributed by atoms with Crippen LogP contribution >= 0.6 is 0 Å². The molecule has 0 aliphatic carbocycles. The van der Waals surface area contributed by atoms with Crippen LogP contribution in [-0.4, -0.2) is 17.0 Å². The van der Waals surface area contributed by atoms with E-state index in [2.05, 4.69) is 0 Å². The molecule has 19 heavy (non-hydrogen) atoms. The third-order valence-corrected chi connectivity index (χ3v) is 2.84. The summed E-state index contributed by atoms with van der Waals surface area (Å²) in [5, 5.41) is 17.1. The van der Waals surface area contributed by atoms with Crippen LogP contribution in [-0.2, 0) is 4.74 Å². The highest BCUT2D eigenvalue weighted by molar-refractivity contribution is 5.97. The Morgan fingerprint density at radius 1 is 1.53 bits per heavy atom. The number of esters is 1. The molecule has 2 aromatic rings. The van der Waals surface area contributed by atoms with Crippen LogP contribution in [0.25, 0.3) is 5.52 Å². The van der Waals surface area contributed by atoms with Crippen molar-refractivity contribution in [1.82, 2.24) is 4.40 Å². The molecule has 0 saturated carbocycles. The van der Waals surface area contributed by atoms with Crippen LogP contribution in [0.2, 0.25) is 0 Å². The molecule has 0 radical (unpaired) electrons. The minimum atomic E-state index is -0.484. The molecule has 2 aromatic heterocycles. The second-order valence-electron chi connectivity index (χ2n) is 4.04. The van der Waals surface area contributed by atoms with Gasteiger partial charge in [-0.25, -0.2) is 4.79 Å². The van der Waals surface area contributed by atoms with Gasteiger partial charge in [0, 0.05) is 5.69 Å². The highest BCUT2D eigenvalue weighted by Gasteiger charge is 2.15. The molecule has 5 nitrogen and oxygen atoms in total. The molecule has 0 spiro atoms. The zero-order valence-electron chi connectivity index (χ0n) is 10.7. The molecule has 2 heterocycles. The van der Waals surface area contributed by atoms with Crippen LogP contribution < -0.4 is 5.49 Å². The number of fused-ring (bicyclic) bond motifs is 1. The molecule has 0 bridgehead atoms. The summed E-state index contributed by atoms with van der Waals surface area (Å²) in [6.07, 6.45) is 0. The van der Waals surface area contributed by atoms with Crippen LogP contribution in [0.1, 0.15) is 28.5 Å². The SMILES string of the molecule is CCOC(=O)c1cc(C#N)c(=N)n2c(C)cccc12. The Kier molecular flexibility index (Phi) is 3.34. The smallest absolute Gasteiger partial charge is 0.340 e. The van der Waals surface area contributed by atoms with E-state index in [1.54, 1.807) is 23.5 Å². The van der Waals surface area contributed by atoms with Gasteiger partial charge in [-0.15, -0.1) is 0 Å². The number of aromatic nitrogens is 1. The third kappa shape index (κ3) is 2.08. The predicted octanol–water partition coefficient (Wildman–Crippen LogP) is 1.78. The summed E-state index contributed by atoms with van der Waals surface area (Å²) in [6, 6.07) is 8.71. The maximum absolute atomic E-state index is 11.9. The number of nitrogens with zero attached hydrogens (tertiary/aromatic N) is 2. The fourth-order valence-corrected chi connectivity index (χ4v) is 1.99. The van der Waals surface area contributed by atoms with Gasteiger partial charge in [-0.3, -0.25) is 9.81 Å². The van der Waals surface area contributed by atoms with Gasteiger partial charge < -0.3 is 4.74 Å². The molecule has 1 N–H and O–H groups in total. The largest absolute Gasteiger partial charge is 0.462 e. The molecule has 0 aromatic carbocycles. The molecule has 0 aliphatic rings. The Morgan fingerprint density at radius 2 is 2.26 bits per heavy atom. The number of ether oxygens (including phenoxy) is 1. The minimum Gasteiger partial charge on any atom is -0.462 e. The number of nitrogens with one attached hydrogen (secondary N) is 1. The molecule has 96 valence electrons. The van der Waals surface area contributed by atoms with Gasteiger partial charge in [0.15, 0.2) is 0 Å². The summed E-state index contributed by atoms with van der Waals surface area (Å²) in [5.74, 6) is -0.484. The lowest BCUT2D eigenvalue weighted by Crippen LogP contribution is -2.22. The Morgan fingerprint density at radius 3 is 2.89 bits per heavy atom. The van der Waals surface area contributed by atoms with E-state index in [1.807, 2.05) is 19.1 Å². The lowest BCUT2D eigenvalue weighted by Gasteiger charge is -2.11. The van der Waals surface area contributed by atoms with E-state index in [4.69, 9.17) is 15.4 Å². The van der Waals surface area contributed by atoms with E-state index >= 15 is 0 Å². The van der Waals surface area contributed by atoms with Crippen molar-refractivity contribution < 1.29 is 9.53 Å². The van der Waals surface area contributed by atoms with Gasteiger partial charge in [-0.1, -0.05) is 6.07 Å². The maximum atomic E-state index is 11.9. The first-order valence-corrected chi connectivity index (χ1v) is 5.87. The quantitative estimate of drug-likeness (QED) is 0.831. The normalized spacial score (nSPS) is 10.2. The number of pyridine rings is 2. The lowest BCUT2D eigenvalue weighted by molar-refractivity contribution is 0.0528. The number of hydrogen-bond acceptors (Lipinski definition) is 4. The Balaban J connectivity index is 2.89. The Hall–Kier alpha value is -2.61. The van der Waals surface area contributed by atoms with Crippen molar-refractivity contribution in [3.05, 3.63) is 46.6 Å². The predicted molar refractivity (Wildman–Crippen MR) is 68.7 cm³/mol. The summed E-state index contributed by atoms with van der Waals surface area (Å²) in [4.78, 5) is 11.9. The van der Waals surface area contributed by atoms with E-state index in [0.29, 0.717) is 11.1 Å². The third-order valence-electron chi connectivity index (χ3n) is 2.84. The highest BCUT2D eigenvalue weighted by atomic mass is 16.5. The zero-order chi connectivity index (χ0) is 14.0. The molecule has 0 aliphatic heterocycles. The number of carbonyl (C=O) groups is 1. The van der Waals surface area contributed by atoms with Crippen molar-refractivity contribution in [2.24, 2.45) is 0 Å². The highest BCUT2D eigenvalue weighted by Crippen LogP contribution is 2.14. The van der Waals surface area contributed by atoms with Crippen LogP contribution in [0, 0.1) is 23.7 Å². The molecule has 2 rings (SSSR count). The van der Waals surface area contributed by atoms with Gasteiger partial charge in [0.05, 0.1) is 23.3 Å². The summed E-state index contributed by atoms with van der Waals surface area (Å²) in [7, 11) is 0. The van der Waals surface area contributed by atoms with Crippen LogP contribution in [0.5, 0.6) is 0 Å². The van der Waals surface area contributed by atoms with Gasteiger partial charge in [0.25, 0.3) is 0 Å². The van der Waals surface area contributed by atoms with Crippen molar-refractivity contribution in [1.29, 1.82) is 10.7 Å². The van der Waals surface area contributed by atoms with Crippen molar-refractivity contribution in [2.75, 3.05) is 6.61 Å². The van der Waals surface area contributed by atoms with Gasteiger partial charge in [0.1, 0.15) is 11.6 Å². The van der Waals surface area contributed by atoms with E-state index in [0.717, 1.165) is 5.69 Å². The van der Waals surface area contributed by atoms with E-state index in [9.17, 15) is 4.79 Å². The molecular formula is C14H13N3O2.